The molecule has 5 nitrogen and oxygen atoms in total. The highest BCUT2D eigenvalue weighted by Gasteiger charge is 2.41. The first kappa shape index (κ1) is 15.3. The van der Waals surface area contributed by atoms with Crippen LogP contribution in [0.1, 0.15) is 13.3 Å². The molecule has 1 aromatic carbocycles. The predicted molar refractivity (Wildman–Crippen MR) is 75.2 cm³/mol. The number of hydrogen-bond donors (Lipinski definition) is 0. The third-order valence-electron chi connectivity index (χ3n) is 3.29. The van der Waals surface area contributed by atoms with Crippen molar-refractivity contribution in [1.82, 2.24) is 4.31 Å². The lowest BCUT2D eigenvalue weighted by atomic mass is 10.3. The summed E-state index contributed by atoms with van der Waals surface area (Å²) in [6.07, 6.45) is 0.780. The summed E-state index contributed by atoms with van der Waals surface area (Å²) >= 11 is 5.84. The smallest absolute Gasteiger partial charge is 0.314 e. The zero-order valence-corrected chi connectivity index (χ0v) is 13.0. The Labute approximate surface area is 123 Å². The maximum Gasteiger partial charge on any atom is 0.314 e. The van der Waals surface area contributed by atoms with Gasteiger partial charge in [-0.05, 0) is 30.5 Å². The van der Waals surface area contributed by atoms with Crippen LogP contribution in [0.25, 0.3) is 0 Å². The molecule has 0 unspecified atom stereocenters. The molecule has 2 atom stereocenters. The van der Waals surface area contributed by atoms with Crippen molar-refractivity contribution in [2.24, 2.45) is 11.8 Å². The first-order valence-electron chi connectivity index (χ1n) is 6.17. The third kappa shape index (κ3) is 2.97. The van der Waals surface area contributed by atoms with Crippen molar-refractivity contribution in [2.45, 2.75) is 18.2 Å². The SMILES string of the molecule is C[C@H]1C[C@H]1C(=O)Oc1ccc(Cl)cc1S(=O)(=O)N(C)C. The normalized spacial score (nSPS) is 21.9. The maximum absolute atomic E-state index is 12.2. The molecule has 1 aliphatic rings. The molecule has 20 heavy (non-hydrogen) atoms. The highest BCUT2D eigenvalue weighted by Crippen LogP contribution is 2.39. The van der Waals surface area contributed by atoms with Gasteiger partial charge in [0.2, 0.25) is 10.0 Å². The second-order valence-corrected chi connectivity index (χ2v) is 7.68. The van der Waals surface area contributed by atoms with Gasteiger partial charge in [0.1, 0.15) is 4.90 Å². The molecule has 7 heteroatoms. The van der Waals surface area contributed by atoms with Crippen LogP contribution in [0.3, 0.4) is 0 Å². The third-order valence-corrected chi connectivity index (χ3v) is 5.36. The molecule has 110 valence electrons. The van der Waals surface area contributed by atoms with E-state index in [0.29, 0.717) is 5.92 Å². The van der Waals surface area contributed by atoms with Gasteiger partial charge in [0.05, 0.1) is 5.92 Å². The van der Waals surface area contributed by atoms with Gasteiger partial charge in [0, 0.05) is 19.1 Å². The van der Waals surface area contributed by atoms with Gasteiger partial charge in [-0.1, -0.05) is 18.5 Å². The molecule has 2 rings (SSSR count). The van der Waals surface area contributed by atoms with Crippen molar-refractivity contribution in [1.29, 1.82) is 0 Å². The van der Waals surface area contributed by atoms with Crippen LogP contribution in [0, 0.1) is 11.8 Å². The number of benzene rings is 1. The van der Waals surface area contributed by atoms with Gasteiger partial charge in [-0.2, -0.15) is 0 Å². The number of hydrogen-bond acceptors (Lipinski definition) is 4. The Morgan fingerprint density at radius 1 is 1.40 bits per heavy atom. The molecular formula is C13H16ClNO4S. The summed E-state index contributed by atoms with van der Waals surface area (Å²) in [6, 6.07) is 4.19. The van der Waals surface area contributed by atoms with Crippen molar-refractivity contribution in [3.05, 3.63) is 23.2 Å². The van der Waals surface area contributed by atoms with Crippen LogP contribution >= 0.6 is 11.6 Å². The number of rotatable bonds is 4. The van der Waals surface area contributed by atoms with E-state index >= 15 is 0 Å². The molecular weight excluding hydrogens is 302 g/mol. The minimum absolute atomic E-state index is 0.0206. The quantitative estimate of drug-likeness (QED) is 0.630. The van der Waals surface area contributed by atoms with E-state index in [9.17, 15) is 13.2 Å². The number of halogens is 1. The Morgan fingerprint density at radius 2 is 2.00 bits per heavy atom. The van der Waals surface area contributed by atoms with Crippen LogP contribution in [-0.4, -0.2) is 32.8 Å². The first-order valence-corrected chi connectivity index (χ1v) is 7.99. The van der Waals surface area contributed by atoms with E-state index in [0.717, 1.165) is 10.7 Å². The second kappa shape index (κ2) is 5.35. The van der Waals surface area contributed by atoms with Crippen molar-refractivity contribution in [3.8, 4) is 5.75 Å². The molecule has 0 aliphatic heterocycles. The fraction of sp³-hybridized carbons (Fsp3) is 0.462. The predicted octanol–water partition coefficient (Wildman–Crippen LogP) is 2.15. The number of nitrogens with zero attached hydrogens (tertiary/aromatic N) is 1. The van der Waals surface area contributed by atoms with Crippen LogP contribution in [0.4, 0.5) is 0 Å². The average molecular weight is 318 g/mol. The molecule has 0 radical (unpaired) electrons. The van der Waals surface area contributed by atoms with E-state index in [4.69, 9.17) is 16.3 Å². The summed E-state index contributed by atoms with van der Waals surface area (Å²) in [5.74, 6) is -0.216. The zero-order valence-electron chi connectivity index (χ0n) is 11.5. The summed E-state index contributed by atoms with van der Waals surface area (Å²) in [6.45, 7) is 1.95. The number of esters is 1. The van der Waals surface area contributed by atoms with Crippen molar-refractivity contribution in [3.63, 3.8) is 0 Å². The van der Waals surface area contributed by atoms with E-state index in [1.807, 2.05) is 6.92 Å². The van der Waals surface area contributed by atoms with E-state index < -0.39 is 16.0 Å². The minimum Gasteiger partial charge on any atom is -0.425 e. The van der Waals surface area contributed by atoms with E-state index in [1.165, 1.54) is 32.3 Å². The van der Waals surface area contributed by atoms with Gasteiger partial charge < -0.3 is 4.74 Å². The van der Waals surface area contributed by atoms with Crippen molar-refractivity contribution in [2.75, 3.05) is 14.1 Å². The summed E-state index contributed by atoms with van der Waals surface area (Å²) in [5, 5.41) is 0.269. The molecule has 1 aliphatic carbocycles. The number of ether oxygens (including phenoxy) is 1. The Hall–Kier alpha value is -1.11. The Bertz CT molecular complexity index is 642. The van der Waals surface area contributed by atoms with Gasteiger partial charge in [-0.15, -0.1) is 0 Å². The molecule has 0 bridgehead atoms. The number of carbonyl (C=O) groups excluding carboxylic acids is 1. The van der Waals surface area contributed by atoms with Crippen molar-refractivity contribution < 1.29 is 17.9 Å². The minimum atomic E-state index is -3.72. The lowest BCUT2D eigenvalue weighted by Crippen LogP contribution is -2.23. The Balaban J connectivity index is 2.36. The topological polar surface area (TPSA) is 63.7 Å². The molecule has 0 aromatic heterocycles. The lowest BCUT2D eigenvalue weighted by Gasteiger charge is -2.15. The molecule has 0 N–H and O–H groups in total. The molecule has 0 saturated heterocycles. The second-order valence-electron chi connectivity index (χ2n) is 5.12. The molecule has 1 fully saturated rings. The fourth-order valence-electron chi connectivity index (χ4n) is 1.80. The lowest BCUT2D eigenvalue weighted by molar-refractivity contribution is -0.136. The monoisotopic (exact) mass is 317 g/mol. The van der Waals surface area contributed by atoms with Crippen LogP contribution < -0.4 is 4.74 Å². The van der Waals surface area contributed by atoms with E-state index in [-0.39, 0.29) is 21.6 Å². The van der Waals surface area contributed by atoms with Gasteiger partial charge in [0.15, 0.2) is 5.75 Å². The van der Waals surface area contributed by atoms with Crippen LogP contribution in [0.15, 0.2) is 23.1 Å². The van der Waals surface area contributed by atoms with Crippen LogP contribution in [-0.2, 0) is 14.8 Å². The number of carbonyl (C=O) groups is 1. The molecule has 1 aromatic rings. The summed E-state index contributed by atoms with van der Waals surface area (Å²) in [5.41, 5.74) is 0. The van der Waals surface area contributed by atoms with Gasteiger partial charge in [0.25, 0.3) is 0 Å². The highest BCUT2D eigenvalue weighted by atomic mass is 35.5. The molecule has 1 saturated carbocycles. The molecule has 0 spiro atoms. The van der Waals surface area contributed by atoms with Gasteiger partial charge in [-0.25, -0.2) is 12.7 Å². The molecule has 0 amide bonds. The van der Waals surface area contributed by atoms with E-state index in [2.05, 4.69) is 0 Å². The fourth-order valence-corrected chi connectivity index (χ4v) is 3.07. The Morgan fingerprint density at radius 3 is 2.50 bits per heavy atom. The average Bonchev–Trinajstić information content (AvgIpc) is 3.08. The summed E-state index contributed by atoms with van der Waals surface area (Å²) in [4.78, 5) is 11.8. The summed E-state index contributed by atoms with van der Waals surface area (Å²) in [7, 11) is -0.908. The van der Waals surface area contributed by atoms with Crippen LogP contribution in [0.5, 0.6) is 5.75 Å². The van der Waals surface area contributed by atoms with Crippen LogP contribution in [0.2, 0.25) is 5.02 Å². The Kier molecular flexibility index (Phi) is 4.09. The van der Waals surface area contributed by atoms with Crippen molar-refractivity contribution >= 4 is 27.6 Å². The highest BCUT2D eigenvalue weighted by molar-refractivity contribution is 7.89. The first-order chi connectivity index (χ1) is 9.23. The van der Waals surface area contributed by atoms with Gasteiger partial charge in [-0.3, -0.25) is 4.79 Å². The zero-order chi connectivity index (χ0) is 15.1. The number of sulfonamides is 1. The standard InChI is InChI=1S/C13H16ClNO4S/c1-8-6-10(8)13(16)19-11-5-4-9(14)7-12(11)20(17,18)15(2)3/h4-5,7-8,10H,6H2,1-3H3/t8-,10+/m0/s1. The van der Waals surface area contributed by atoms with Gasteiger partial charge >= 0.3 is 5.97 Å². The molecule has 0 heterocycles. The largest absolute Gasteiger partial charge is 0.425 e. The van der Waals surface area contributed by atoms with E-state index in [1.54, 1.807) is 0 Å². The maximum atomic E-state index is 12.2. The summed E-state index contributed by atoms with van der Waals surface area (Å²) < 4.78 is 30.7.